The van der Waals surface area contributed by atoms with Crippen molar-refractivity contribution in [2.24, 2.45) is 0 Å². The van der Waals surface area contributed by atoms with Gasteiger partial charge in [0.25, 0.3) is 11.8 Å². The zero-order chi connectivity index (χ0) is 22.9. The SMILES string of the molecule is CCN1C(=O)c2cc(C(=O)NCc3ccc(F)cc3)nn2C[C@]1(C)C(=O)NC1CCCC1. The highest BCUT2D eigenvalue weighted by molar-refractivity contribution is 6.01. The zero-order valence-corrected chi connectivity index (χ0v) is 18.4. The lowest BCUT2D eigenvalue weighted by atomic mass is 9.94. The summed E-state index contributed by atoms with van der Waals surface area (Å²) in [6.07, 6.45) is 4.09. The topological polar surface area (TPSA) is 96.3 Å². The third-order valence-corrected chi connectivity index (χ3v) is 6.39. The fourth-order valence-corrected chi connectivity index (χ4v) is 4.53. The maximum absolute atomic E-state index is 13.2. The number of rotatable bonds is 6. The van der Waals surface area contributed by atoms with Gasteiger partial charge in [0.1, 0.15) is 17.1 Å². The molecule has 1 aromatic carbocycles. The molecule has 3 amide bonds. The molecule has 2 aromatic rings. The molecule has 0 unspecified atom stereocenters. The van der Waals surface area contributed by atoms with E-state index in [2.05, 4.69) is 15.7 Å². The molecule has 1 fully saturated rings. The average molecular weight is 442 g/mol. The van der Waals surface area contributed by atoms with Gasteiger partial charge < -0.3 is 15.5 Å². The van der Waals surface area contributed by atoms with Crippen molar-refractivity contribution in [2.45, 2.75) is 64.2 Å². The molecule has 1 aromatic heterocycles. The Morgan fingerprint density at radius 1 is 1.22 bits per heavy atom. The van der Waals surface area contributed by atoms with Crippen molar-refractivity contribution in [3.8, 4) is 0 Å². The summed E-state index contributed by atoms with van der Waals surface area (Å²) >= 11 is 0. The van der Waals surface area contributed by atoms with Crippen LogP contribution in [0.1, 0.15) is 66.1 Å². The van der Waals surface area contributed by atoms with Gasteiger partial charge in [-0.25, -0.2) is 4.39 Å². The molecule has 9 heteroatoms. The summed E-state index contributed by atoms with van der Waals surface area (Å²) in [5.74, 6) is -1.30. The molecule has 1 saturated carbocycles. The minimum Gasteiger partial charge on any atom is -0.351 e. The molecule has 2 heterocycles. The predicted molar refractivity (Wildman–Crippen MR) is 115 cm³/mol. The Balaban J connectivity index is 1.51. The molecule has 0 saturated heterocycles. The number of carbonyl (C=O) groups is 3. The van der Waals surface area contributed by atoms with Gasteiger partial charge in [0.15, 0.2) is 5.69 Å². The molecule has 2 N–H and O–H groups in total. The Morgan fingerprint density at radius 2 is 1.91 bits per heavy atom. The van der Waals surface area contributed by atoms with Crippen LogP contribution >= 0.6 is 0 Å². The van der Waals surface area contributed by atoms with E-state index < -0.39 is 11.4 Å². The van der Waals surface area contributed by atoms with Crippen molar-refractivity contribution >= 4 is 17.7 Å². The monoisotopic (exact) mass is 441 g/mol. The van der Waals surface area contributed by atoms with E-state index in [1.165, 1.54) is 22.9 Å². The van der Waals surface area contributed by atoms with Gasteiger partial charge in [0, 0.05) is 25.2 Å². The van der Waals surface area contributed by atoms with E-state index in [0.717, 1.165) is 31.2 Å². The van der Waals surface area contributed by atoms with Crippen molar-refractivity contribution in [3.05, 3.63) is 53.1 Å². The smallest absolute Gasteiger partial charge is 0.273 e. The van der Waals surface area contributed by atoms with Crippen molar-refractivity contribution < 1.29 is 18.8 Å². The van der Waals surface area contributed by atoms with Gasteiger partial charge in [-0.2, -0.15) is 5.10 Å². The van der Waals surface area contributed by atoms with Crippen LogP contribution in [-0.4, -0.2) is 50.5 Å². The van der Waals surface area contributed by atoms with Crippen LogP contribution in [0.4, 0.5) is 4.39 Å². The lowest BCUT2D eigenvalue weighted by Crippen LogP contribution is -2.64. The maximum atomic E-state index is 13.2. The summed E-state index contributed by atoms with van der Waals surface area (Å²) in [5, 5.41) is 10.2. The van der Waals surface area contributed by atoms with Crippen LogP contribution in [0.3, 0.4) is 0 Å². The van der Waals surface area contributed by atoms with Crippen LogP contribution in [0.2, 0.25) is 0 Å². The highest BCUT2D eigenvalue weighted by Gasteiger charge is 2.48. The summed E-state index contributed by atoms with van der Waals surface area (Å²) in [5.41, 5.74) is 0.0416. The quantitative estimate of drug-likeness (QED) is 0.719. The lowest BCUT2D eigenvalue weighted by Gasteiger charge is -2.43. The zero-order valence-electron chi connectivity index (χ0n) is 18.4. The second-order valence-electron chi connectivity index (χ2n) is 8.66. The second kappa shape index (κ2) is 8.72. The van der Waals surface area contributed by atoms with Gasteiger partial charge in [-0.3, -0.25) is 19.1 Å². The highest BCUT2D eigenvalue weighted by atomic mass is 19.1. The molecule has 1 aliphatic carbocycles. The Hall–Kier alpha value is -3.23. The van der Waals surface area contributed by atoms with E-state index in [0.29, 0.717) is 6.54 Å². The highest BCUT2D eigenvalue weighted by Crippen LogP contribution is 2.28. The van der Waals surface area contributed by atoms with Crippen LogP contribution in [0.5, 0.6) is 0 Å². The lowest BCUT2D eigenvalue weighted by molar-refractivity contribution is -0.133. The fourth-order valence-electron chi connectivity index (χ4n) is 4.53. The number of nitrogens with zero attached hydrogens (tertiary/aromatic N) is 3. The molecule has 170 valence electrons. The number of halogens is 1. The Kier molecular flexibility index (Phi) is 5.99. The molecule has 4 rings (SSSR count). The molecule has 8 nitrogen and oxygen atoms in total. The summed E-state index contributed by atoms with van der Waals surface area (Å²) < 4.78 is 14.5. The summed E-state index contributed by atoms with van der Waals surface area (Å²) in [6.45, 7) is 4.33. The van der Waals surface area contributed by atoms with Crippen LogP contribution in [0.25, 0.3) is 0 Å². The number of carbonyl (C=O) groups excluding carboxylic acids is 3. The normalized spacial score (nSPS) is 20.8. The van der Waals surface area contributed by atoms with Gasteiger partial charge in [-0.1, -0.05) is 25.0 Å². The molecule has 1 atom stereocenters. The number of likely N-dealkylation sites (N-methyl/N-ethyl adjacent to an activating group) is 1. The predicted octanol–water partition coefficient (Wildman–Crippen LogP) is 2.25. The standard InChI is InChI=1S/C23H28FN5O3/c1-3-28-21(31)19-12-18(20(30)25-13-15-8-10-16(24)11-9-15)27-29(19)14-23(28,2)22(32)26-17-6-4-5-7-17/h8-12,17H,3-7,13-14H2,1-2H3,(H,25,30)(H,26,32)/t23-/m1/s1. The van der Waals surface area contributed by atoms with Gasteiger partial charge in [0.05, 0.1) is 6.54 Å². The number of benzene rings is 1. The summed E-state index contributed by atoms with van der Waals surface area (Å²) in [4.78, 5) is 40.5. The Bertz CT molecular complexity index is 1030. The molecular weight excluding hydrogens is 413 g/mol. The molecule has 1 aliphatic heterocycles. The molecule has 0 bridgehead atoms. The van der Waals surface area contributed by atoms with Gasteiger partial charge in [0.2, 0.25) is 5.91 Å². The number of nitrogens with one attached hydrogen (secondary N) is 2. The third-order valence-electron chi connectivity index (χ3n) is 6.39. The number of amides is 3. The largest absolute Gasteiger partial charge is 0.351 e. The van der Waals surface area contributed by atoms with E-state index in [4.69, 9.17) is 0 Å². The van der Waals surface area contributed by atoms with Gasteiger partial charge >= 0.3 is 0 Å². The minimum atomic E-state index is -1.09. The molecular formula is C23H28FN5O3. The van der Waals surface area contributed by atoms with Gasteiger partial charge in [-0.15, -0.1) is 0 Å². The van der Waals surface area contributed by atoms with E-state index in [1.54, 1.807) is 24.0 Å². The molecule has 0 spiro atoms. The van der Waals surface area contributed by atoms with Crippen LogP contribution in [0, 0.1) is 5.82 Å². The van der Waals surface area contributed by atoms with Crippen molar-refractivity contribution in [1.82, 2.24) is 25.3 Å². The van der Waals surface area contributed by atoms with Crippen molar-refractivity contribution in [1.29, 1.82) is 0 Å². The first-order valence-corrected chi connectivity index (χ1v) is 11.0. The molecule has 2 aliphatic rings. The maximum Gasteiger partial charge on any atom is 0.273 e. The first-order valence-electron chi connectivity index (χ1n) is 11.0. The first-order chi connectivity index (χ1) is 15.3. The summed E-state index contributed by atoms with van der Waals surface area (Å²) in [7, 11) is 0. The van der Waals surface area contributed by atoms with Crippen molar-refractivity contribution in [2.75, 3.05) is 6.54 Å². The Morgan fingerprint density at radius 3 is 2.56 bits per heavy atom. The fraction of sp³-hybridized carbons (Fsp3) is 0.478. The number of hydrogen-bond acceptors (Lipinski definition) is 4. The first kappa shape index (κ1) is 22.0. The van der Waals surface area contributed by atoms with Crippen molar-refractivity contribution in [3.63, 3.8) is 0 Å². The van der Waals surface area contributed by atoms with Crippen LogP contribution in [-0.2, 0) is 17.9 Å². The van der Waals surface area contributed by atoms with E-state index in [9.17, 15) is 18.8 Å². The number of fused-ring (bicyclic) bond motifs is 1. The number of hydrogen-bond donors (Lipinski definition) is 2. The average Bonchev–Trinajstić information content (AvgIpc) is 3.43. The van der Waals surface area contributed by atoms with Crippen LogP contribution in [0.15, 0.2) is 30.3 Å². The van der Waals surface area contributed by atoms with Gasteiger partial charge in [-0.05, 0) is 44.4 Å². The van der Waals surface area contributed by atoms with E-state index >= 15 is 0 Å². The third kappa shape index (κ3) is 4.11. The number of aromatic nitrogens is 2. The molecule has 32 heavy (non-hydrogen) atoms. The second-order valence-corrected chi connectivity index (χ2v) is 8.66. The molecule has 0 radical (unpaired) electrons. The minimum absolute atomic E-state index is 0.104. The van der Waals surface area contributed by atoms with Crippen LogP contribution < -0.4 is 10.6 Å². The van der Waals surface area contributed by atoms with E-state index in [1.807, 2.05) is 6.92 Å². The summed E-state index contributed by atoms with van der Waals surface area (Å²) in [6, 6.07) is 7.42. The Labute approximate surface area is 186 Å². The van der Waals surface area contributed by atoms with E-state index in [-0.39, 0.29) is 48.2 Å².